The lowest BCUT2D eigenvalue weighted by atomic mass is 10.1. The first-order valence-electron chi connectivity index (χ1n) is 8.60. The standard InChI is InChI=1S/C22H19NO3/c1-14(2)25-20-10-6-5-9-18(20)23-22(24)21-13-17-16-8-4-3-7-15(16)11-12-19(17)26-21/h3-14H,1-2H3,(H,23,24). The van der Waals surface area contributed by atoms with Crippen LogP contribution in [-0.4, -0.2) is 12.0 Å². The quantitative estimate of drug-likeness (QED) is 0.522. The molecule has 3 aromatic carbocycles. The first-order valence-corrected chi connectivity index (χ1v) is 8.60. The minimum atomic E-state index is -0.301. The van der Waals surface area contributed by atoms with Gasteiger partial charge in [-0.05, 0) is 48.9 Å². The van der Waals surface area contributed by atoms with Crippen LogP contribution in [0, 0.1) is 0 Å². The van der Waals surface area contributed by atoms with Crippen molar-refractivity contribution in [1.82, 2.24) is 0 Å². The first kappa shape index (κ1) is 16.2. The number of nitrogens with one attached hydrogen (secondary N) is 1. The molecule has 0 bridgehead atoms. The zero-order valence-corrected chi connectivity index (χ0v) is 14.7. The van der Waals surface area contributed by atoms with E-state index in [9.17, 15) is 4.79 Å². The highest BCUT2D eigenvalue weighted by atomic mass is 16.5. The van der Waals surface area contributed by atoms with E-state index in [4.69, 9.17) is 9.15 Å². The molecule has 0 saturated carbocycles. The van der Waals surface area contributed by atoms with Crippen LogP contribution in [0.25, 0.3) is 21.7 Å². The predicted molar refractivity (Wildman–Crippen MR) is 104 cm³/mol. The lowest BCUT2D eigenvalue weighted by molar-refractivity contribution is 0.0998. The summed E-state index contributed by atoms with van der Waals surface area (Å²) >= 11 is 0. The number of hydrogen-bond acceptors (Lipinski definition) is 3. The minimum absolute atomic E-state index is 0.0191. The van der Waals surface area contributed by atoms with Crippen molar-refractivity contribution >= 4 is 33.3 Å². The van der Waals surface area contributed by atoms with E-state index in [1.54, 1.807) is 6.07 Å². The molecule has 1 amide bonds. The van der Waals surface area contributed by atoms with E-state index in [1.807, 2.05) is 74.5 Å². The lowest BCUT2D eigenvalue weighted by Gasteiger charge is -2.14. The maximum absolute atomic E-state index is 12.7. The van der Waals surface area contributed by atoms with E-state index in [1.165, 1.54) is 0 Å². The number of benzene rings is 3. The van der Waals surface area contributed by atoms with Crippen molar-refractivity contribution < 1.29 is 13.9 Å². The largest absolute Gasteiger partial charge is 0.489 e. The lowest BCUT2D eigenvalue weighted by Crippen LogP contribution is -2.13. The third-order valence-electron chi connectivity index (χ3n) is 4.15. The molecule has 0 unspecified atom stereocenters. The Morgan fingerprint density at radius 3 is 2.58 bits per heavy atom. The molecule has 0 aliphatic carbocycles. The average Bonchev–Trinajstić information content (AvgIpc) is 3.08. The van der Waals surface area contributed by atoms with Gasteiger partial charge in [0.2, 0.25) is 0 Å². The molecule has 4 heteroatoms. The fourth-order valence-electron chi connectivity index (χ4n) is 3.01. The van der Waals surface area contributed by atoms with Crippen molar-refractivity contribution in [2.24, 2.45) is 0 Å². The fraction of sp³-hybridized carbons (Fsp3) is 0.136. The van der Waals surface area contributed by atoms with Gasteiger partial charge in [-0.3, -0.25) is 4.79 Å². The smallest absolute Gasteiger partial charge is 0.291 e. The van der Waals surface area contributed by atoms with Gasteiger partial charge in [0.25, 0.3) is 5.91 Å². The minimum Gasteiger partial charge on any atom is -0.489 e. The number of fused-ring (bicyclic) bond motifs is 3. The molecule has 4 nitrogen and oxygen atoms in total. The molecule has 130 valence electrons. The number of furan rings is 1. The van der Waals surface area contributed by atoms with Crippen molar-refractivity contribution in [3.05, 3.63) is 72.5 Å². The van der Waals surface area contributed by atoms with Crippen LogP contribution in [0.5, 0.6) is 5.75 Å². The van der Waals surface area contributed by atoms with Crippen LogP contribution in [0.1, 0.15) is 24.4 Å². The molecule has 0 fully saturated rings. The second-order valence-electron chi connectivity index (χ2n) is 6.43. The Labute approximate surface area is 151 Å². The SMILES string of the molecule is CC(C)Oc1ccccc1NC(=O)c1cc2c(ccc3ccccc32)o1. The zero-order valence-electron chi connectivity index (χ0n) is 14.7. The molecule has 4 rings (SSSR count). The molecular weight excluding hydrogens is 326 g/mol. The van der Waals surface area contributed by atoms with Gasteiger partial charge in [-0.25, -0.2) is 0 Å². The van der Waals surface area contributed by atoms with E-state index in [2.05, 4.69) is 5.32 Å². The van der Waals surface area contributed by atoms with Gasteiger partial charge in [-0.15, -0.1) is 0 Å². The van der Waals surface area contributed by atoms with Crippen LogP contribution in [0.15, 0.2) is 71.1 Å². The summed E-state index contributed by atoms with van der Waals surface area (Å²) in [6, 6.07) is 21.1. The molecule has 0 aliphatic heterocycles. The molecule has 0 radical (unpaired) electrons. The third kappa shape index (κ3) is 3.02. The molecule has 0 atom stereocenters. The zero-order chi connectivity index (χ0) is 18.1. The highest BCUT2D eigenvalue weighted by Gasteiger charge is 2.16. The van der Waals surface area contributed by atoms with Crippen molar-refractivity contribution in [2.45, 2.75) is 20.0 Å². The van der Waals surface area contributed by atoms with Crippen LogP contribution >= 0.6 is 0 Å². The van der Waals surface area contributed by atoms with Crippen LogP contribution < -0.4 is 10.1 Å². The van der Waals surface area contributed by atoms with E-state index >= 15 is 0 Å². The summed E-state index contributed by atoms with van der Waals surface area (Å²) in [6.45, 7) is 3.89. The van der Waals surface area contributed by atoms with E-state index < -0.39 is 0 Å². The highest BCUT2D eigenvalue weighted by molar-refractivity contribution is 6.11. The Hall–Kier alpha value is -3.27. The van der Waals surface area contributed by atoms with Gasteiger partial charge in [-0.2, -0.15) is 0 Å². The molecule has 0 aliphatic rings. The van der Waals surface area contributed by atoms with Crippen LogP contribution in [0.2, 0.25) is 0 Å². The molecule has 1 heterocycles. The summed E-state index contributed by atoms with van der Waals surface area (Å²) in [5, 5.41) is 5.99. The summed E-state index contributed by atoms with van der Waals surface area (Å²) in [5.41, 5.74) is 1.32. The Morgan fingerprint density at radius 1 is 0.962 bits per heavy atom. The molecule has 0 saturated heterocycles. The summed E-state index contributed by atoms with van der Waals surface area (Å²) in [4.78, 5) is 12.7. The molecule has 0 spiro atoms. The van der Waals surface area contributed by atoms with Crippen LogP contribution in [0.3, 0.4) is 0 Å². The molecule has 1 aromatic heterocycles. The summed E-state index contributed by atoms with van der Waals surface area (Å²) < 4.78 is 11.5. The fourth-order valence-corrected chi connectivity index (χ4v) is 3.01. The highest BCUT2D eigenvalue weighted by Crippen LogP contribution is 2.30. The van der Waals surface area contributed by atoms with Gasteiger partial charge < -0.3 is 14.5 Å². The maximum atomic E-state index is 12.7. The average molecular weight is 345 g/mol. The summed E-state index contributed by atoms with van der Waals surface area (Å²) in [5.74, 6) is 0.609. The van der Waals surface area contributed by atoms with Crippen molar-refractivity contribution in [3.63, 3.8) is 0 Å². The maximum Gasteiger partial charge on any atom is 0.291 e. The number of carbonyl (C=O) groups excluding carboxylic acids is 1. The van der Waals surface area contributed by atoms with Gasteiger partial charge in [0, 0.05) is 5.39 Å². The molecule has 26 heavy (non-hydrogen) atoms. The topological polar surface area (TPSA) is 51.5 Å². The van der Waals surface area contributed by atoms with Crippen LogP contribution in [-0.2, 0) is 0 Å². The Kier molecular flexibility index (Phi) is 4.09. The number of amides is 1. The van der Waals surface area contributed by atoms with E-state index in [-0.39, 0.29) is 17.8 Å². The van der Waals surface area contributed by atoms with Gasteiger partial charge in [0.1, 0.15) is 11.3 Å². The first-order chi connectivity index (χ1) is 12.6. The summed E-state index contributed by atoms with van der Waals surface area (Å²) in [7, 11) is 0. The van der Waals surface area contributed by atoms with Crippen molar-refractivity contribution in [3.8, 4) is 5.75 Å². The third-order valence-corrected chi connectivity index (χ3v) is 4.15. The summed E-state index contributed by atoms with van der Waals surface area (Å²) in [6.07, 6.45) is 0.0191. The van der Waals surface area contributed by atoms with Gasteiger partial charge >= 0.3 is 0 Å². The number of anilines is 1. The van der Waals surface area contributed by atoms with Gasteiger partial charge in [0.05, 0.1) is 11.8 Å². The normalized spacial score (nSPS) is 11.2. The number of hydrogen-bond donors (Lipinski definition) is 1. The van der Waals surface area contributed by atoms with Gasteiger partial charge in [-0.1, -0.05) is 42.5 Å². The van der Waals surface area contributed by atoms with Crippen molar-refractivity contribution in [1.29, 1.82) is 0 Å². The Bertz CT molecular complexity index is 1090. The van der Waals surface area contributed by atoms with Crippen molar-refractivity contribution in [2.75, 3.05) is 5.32 Å². The number of para-hydroxylation sites is 2. The predicted octanol–water partition coefficient (Wildman–Crippen LogP) is 5.63. The number of ether oxygens (including phenoxy) is 1. The Morgan fingerprint density at radius 2 is 1.73 bits per heavy atom. The second-order valence-corrected chi connectivity index (χ2v) is 6.43. The second kappa shape index (κ2) is 6.56. The number of rotatable bonds is 4. The molecule has 1 N–H and O–H groups in total. The van der Waals surface area contributed by atoms with E-state index in [0.29, 0.717) is 17.0 Å². The van der Waals surface area contributed by atoms with E-state index in [0.717, 1.165) is 16.2 Å². The van der Waals surface area contributed by atoms with Crippen LogP contribution in [0.4, 0.5) is 5.69 Å². The molecular formula is C22H19NO3. The Balaban J connectivity index is 1.68. The molecule has 4 aromatic rings. The van der Waals surface area contributed by atoms with Gasteiger partial charge in [0.15, 0.2) is 5.76 Å². The number of carbonyl (C=O) groups is 1. The monoisotopic (exact) mass is 345 g/mol.